The highest BCUT2D eigenvalue weighted by molar-refractivity contribution is 7.12. The van der Waals surface area contributed by atoms with Gasteiger partial charge in [-0.05, 0) is 32.9 Å². The Morgan fingerprint density at radius 2 is 2.25 bits per heavy atom. The van der Waals surface area contributed by atoms with Crippen LogP contribution in [0, 0.1) is 13.8 Å². The summed E-state index contributed by atoms with van der Waals surface area (Å²) in [6.45, 7) is 7.18. The topological polar surface area (TPSA) is 40.7 Å². The zero-order valence-corrected chi connectivity index (χ0v) is 10.7. The van der Waals surface area contributed by atoms with Crippen LogP contribution >= 0.6 is 11.3 Å². The summed E-state index contributed by atoms with van der Waals surface area (Å²) in [6.07, 6.45) is 1.74. The van der Waals surface area contributed by atoms with E-state index in [4.69, 9.17) is 0 Å². The quantitative estimate of drug-likeness (QED) is 0.855. The summed E-state index contributed by atoms with van der Waals surface area (Å²) in [5.74, 6) is 0. The first kappa shape index (κ1) is 11.4. The molecule has 2 aromatic heterocycles. The number of thiophene rings is 1. The van der Waals surface area contributed by atoms with E-state index >= 15 is 0 Å². The number of hydrogen-bond acceptors (Lipinski definition) is 3. The molecule has 0 saturated heterocycles. The van der Waals surface area contributed by atoms with Crippen molar-refractivity contribution in [1.82, 2.24) is 15.3 Å². The Balaban J connectivity index is 1.93. The molecule has 0 aliphatic rings. The van der Waals surface area contributed by atoms with Gasteiger partial charge in [-0.1, -0.05) is 0 Å². The van der Waals surface area contributed by atoms with Crippen LogP contribution in [0.1, 0.15) is 34.1 Å². The van der Waals surface area contributed by atoms with E-state index in [1.807, 2.05) is 18.3 Å². The highest BCUT2D eigenvalue weighted by Crippen LogP contribution is 2.22. The summed E-state index contributed by atoms with van der Waals surface area (Å²) in [5, 5.41) is 3.48. The van der Waals surface area contributed by atoms with Gasteiger partial charge in [0.2, 0.25) is 0 Å². The van der Waals surface area contributed by atoms with Gasteiger partial charge < -0.3 is 10.3 Å². The number of rotatable bonds is 4. The minimum atomic E-state index is 0.384. The lowest BCUT2D eigenvalue weighted by molar-refractivity contribution is 0.575. The maximum Gasteiger partial charge on any atom is 0.0925 e. The van der Waals surface area contributed by atoms with E-state index in [0.717, 1.165) is 17.9 Å². The van der Waals surface area contributed by atoms with E-state index in [0.29, 0.717) is 6.04 Å². The number of nitrogens with zero attached hydrogens (tertiary/aromatic N) is 1. The summed E-state index contributed by atoms with van der Waals surface area (Å²) >= 11 is 1.85. The molecule has 1 unspecified atom stereocenters. The van der Waals surface area contributed by atoms with Crippen LogP contribution in [0.15, 0.2) is 18.5 Å². The van der Waals surface area contributed by atoms with Crippen molar-refractivity contribution in [2.45, 2.75) is 33.4 Å². The van der Waals surface area contributed by atoms with Crippen molar-refractivity contribution in [3.63, 3.8) is 0 Å². The third-order valence-corrected chi connectivity index (χ3v) is 3.88. The van der Waals surface area contributed by atoms with Crippen LogP contribution in [0.3, 0.4) is 0 Å². The van der Waals surface area contributed by atoms with Crippen LogP contribution in [0.25, 0.3) is 0 Å². The van der Waals surface area contributed by atoms with Gasteiger partial charge in [-0.25, -0.2) is 4.98 Å². The smallest absolute Gasteiger partial charge is 0.0925 e. The van der Waals surface area contributed by atoms with Crippen molar-refractivity contribution in [2.75, 3.05) is 0 Å². The molecule has 2 rings (SSSR count). The van der Waals surface area contributed by atoms with E-state index in [9.17, 15) is 0 Å². The average Bonchev–Trinajstić information content (AvgIpc) is 2.84. The number of aromatic nitrogens is 2. The molecule has 0 aliphatic carbocycles. The highest BCUT2D eigenvalue weighted by Gasteiger charge is 2.08. The van der Waals surface area contributed by atoms with Gasteiger partial charge in [0.1, 0.15) is 0 Å². The molecule has 0 aromatic carbocycles. The molecule has 0 radical (unpaired) electrons. The second-order valence-corrected chi connectivity index (χ2v) is 5.34. The molecule has 0 spiro atoms. The molecule has 0 aliphatic heterocycles. The number of H-pyrrole nitrogens is 1. The van der Waals surface area contributed by atoms with Crippen molar-refractivity contribution < 1.29 is 0 Å². The van der Waals surface area contributed by atoms with Crippen LogP contribution < -0.4 is 5.32 Å². The number of aryl methyl sites for hydroxylation is 2. The maximum absolute atomic E-state index is 4.27. The molecule has 0 saturated carbocycles. The predicted molar refractivity (Wildman–Crippen MR) is 67.6 cm³/mol. The molecule has 4 heteroatoms. The van der Waals surface area contributed by atoms with Crippen molar-refractivity contribution in [3.8, 4) is 0 Å². The van der Waals surface area contributed by atoms with Crippen molar-refractivity contribution in [3.05, 3.63) is 39.6 Å². The monoisotopic (exact) mass is 235 g/mol. The number of imidazole rings is 1. The number of nitrogens with one attached hydrogen (secondary N) is 2. The summed E-state index contributed by atoms with van der Waals surface area (Å²) < 4.78 is 0. The Hall–Kier alpha value is -1.13. The Kier molecular flexibility index (Phi) is 3.41. The Bertz CT molecular complexity index is 458. The first-order chi connectivity index (χ1) is 7.66. The second-order valence-electron chi connectivity index (χ2n) is 4.03. The lowest BCUT2D eigenvalue weighted by Crippen LogP contribution is -2.17. The van der Waals surface area contributed by atoms with Crippen LogP contribution in [0.5, 0.6) is 0 Å². The molecular weight excluding hydrogens is 218 g/mol. The minimum absolute atomic E-state index is 0.384. The van der Waals surface area contributed by atoms with E-state index in [1.54, 1.807) is 6.33 Å². The second kappa shape index (κ2) is 4.80. The molecule has 1 atom stereocenters. The minimum Gasteiger partial charge on any atom is -0.348 e. The molecular formula is C12H17N3S. The fourth-order valence-corrected chi connectivity index (χ4v) is 2.51. The third kappa shape index (κ3) is 2.51. The first-order valence-electron chi connectivity index (χ1n) is 5.45. The van der Waals surface area contributed by atoms with Gasteiger partial charge in [-0.15, -0.1) is 11.3 Å². The number of hydrogen-bond donors (Lipinski definition) is 2. The lowest BCUT2D eigenvalue weighted by atomic mass is 10.2. The molecule has 2 N–H and O–H groups in total. The summed E-state index contributed by atoms with van der Waals surface area (Å²) in [5.41, 5.74) is 2.24. The van der Waals surface area contributed by atoms with Gasteiger partial charge in [0.15, 0.2) is 0 Å². The van der Waals surface area contributed by atoms with Crippen LogP contribution in [0.2, 0.25) is 0 Å². The molecule has 16 heavy (non-hydrogen) atoms. The molecule has 86 valence electrons. The third-order valence-electron chi connectivity index (χ3n) is 2.70. The molecule has 3 nitrogen and oxygen atoms in total. The van der Waals surface area contributed by atoms with E-state index in [-0.39, 0.29) is 0 Å². The number of aromatic amines is 1. The van der Waals surface area contributed by atoms with Crippen LogP contribution in [0.4, 0.5) is 0 Å². The van der Waals surface area contributed by atoms with Gasteiger partial charge >= 0.3 is 0 Å². The van der Waals surface area contributed by atoms with Gasteiger partial charge in [-0.2, -0.15) is 0 Å². The SMILES string of the molecule is Cc1ccc(C(C)NCc2nc[nH]c2C)s1. The molecule has 2 aromatic rings. The van der Waals surface area contributed by atoms with Crippen molar-refractivity contribution in [1.29, 1.82) is 0 Å². The van der Waals surface area contributed by atoms with E-state index in [2.05, 4.69) is 41.3 Å². The molecule has 0 bridgehead atoms. The molecule has 0 fully saturated rings. The van der Waals surface area contributed by atoms with E-state index < -0.39 is 0 Å². The average molecular weight is 235 g/mol. The molecule has 2 heterocycles. The van der Waals surface area contributed by atoms with Gasteiger partial charge in [0, 0.05) is 28.0 Å². The standard InChI is InChI=1S/C12H17N3S/c1-8-4-5-12(16-8)10(3)13-6-11-9(2)14-7-15-11/h4-5,7,10,13H,6H2,1-3H3,(H,14,15). The van der Waals surface area contributed by atoms with Crippen molar-refractivity contribution >= 4 is 11.3 Å². The summed E-state index contributed by atoms with van der Waals surface area (Å²) in [4.78, 5) is 10.1. The fraction of sp³-hybridized carbons (Fsp3) is 0.417. The Labute approximate surface area is 99.9 Å². The van der Waals surface area contributed by atoms with E-state index in [1.165, 1.54) is 9.75 Å². The zero-order valence-electron chi connectivity index (χ0n) is 9.87. The Morgan fingerprint density at radius 1 is 1.44 bits per heavy atom. The zero-order chi connectivity index (χ0) is 11.5. The predicted octanol–water partition coefficient (Wildman–Crippen LogP) is 2.94. The van der Waals surface area contributed by atoms with Gasteiger partial charge in [0.05, 0.1) is 12.0 Å². The summed E-state index contributed by atoms with van der Waals surface area (Å²) in [6, 6.07) is 4.74. The van der Waals surface area contributed by atoms with Crippen molar-refractivity contribution in [2.24, 2.45) is 0 Å². The van der Waals surface area contributed by atoms with Crippen LogP contribution in [-0.4, -0.2) is 9.97 Å². The van der Waals surface area contributed by atoms with Crippen LogP contribution in [-0.2, 0) is 6.54 Å². The summed E-state index contributed by atoms with van der Waals surface area (Å²) in [7, 11) is 0. The lowest BCUT2D eigenvalue weighted by Gasteiger charge is -2.11. The maximum atomic E-state index is 4.27. The normalized spacial score (nSPS) is 12.9. The van der Waals surface area contributed by atoms with Gasteiger partial charge in [-0.3, -0.25) is 0 Å². The fourth-order valence-electron chi connectivity index (χ4n) is 1.60. The highest BCUT2D eigenvalue weighted by atomic mass is 32.1. The Morgan fingerprint density at radius 3 is 2.81 bits per heavy atom. The first-order valence-corrected chi connectivity index (χ1v) is 6.27. The van der Waals surface area contributed by atoms with Gasteiger partial charge in [0.25, 0.3) is 0 Å². The molecule has 0 amide bonds. The largest absolute Gasteiger partial charge is 0.348 e.